The van der Waals surface area contributed by atoms with E-state index in [-0.39, 0.29) is 0 Å². The molecular formula is C17H26N6OS. The van der Waals surface area contributed by atoms with Crippen LogP contribution in [0.25, 0.3) is 0 Å². The second-order valence-corrected chi connectivity index (χ2v) is 6.77. The van der Waals surface area contributed by atoms with E-state index in [1.165, 1.54) is 0 Å². The molecule has 3 rings (SSSR count). The summed E-state index contributed by atoms with van der Waals surface area (Å²) >= 11 is 5.47. The van der Waals surface area contributed by atoms with Crippen LogP contribution in [0.3, 0.4) is 0 Å². The number of rotatable bonds is 6. The van der Waals surface area contributed by atoms with E-state index in [0.29, 0.717) is 0 Å². The molecule has 1 saturated heterocycles. The fourth-order valence-electron chi connectivity index (χ4n) is 3.08. The number of anilines is 1. The number of nitrogens with zero attached hydrogens (tertiary/aromatic N) is 4. The first kappa shape index (κ1) is 18.2. The Morgan fingerprint density at radius 2 is 2.16 bits per heavy atom. The van der Waals surface area contributed by atoms with Gasteiger partial charge in [0, 0.05) is 59.0 Å². The van der Waals surface area contributed by atoms with Crippen LogP contribution in [0.4, 0.5) is 5.69 Å². The summed E-state index contributed by atoms with van der Waals surface area (Å²) in [5.41, 5.74) is 5.97. The maximum absolute atomic E-state index is 5.47. The Morgan fingerprint density at radius 1 is 1.36 bits per heavy atom. The van der Waals surface area contributed by atoms with Crippen LogP contribution in [-0.4, -0.2) is 85.0 Å². The standard InChI is InChI=1S/C17H26N6OS/c1-24-12-11-22-7-9-23(10-8-22)13-16(25)21-20-15-4-6-18-14-3-2-5-19-17(14)15/h2-3,5,18H,4,6-13H2,1H3,(H,21,25)/b20-15-. The SMILES string of the molecule is COCCN1CCN(CC(=S)N/N=C2/CCNc3cccnc32)CC1. The second kappa shape index (κ2) is 9.19. The van der Waals surface area contributed by atoms with Crippen LogP contribution in [-0.2, 0) is 4.74 Å². The van der Waals surface area contributed by atoms with Gasteiger partial charge in [-0.1, -0.05) is 12.2 Å². The molecule has 25 heavy (non-hydrogen) atoms. The first-order valence-corrected chi connectivity index (χ1v) is 9.15. The Balaban J connectivity index is 1.46. The van der Waals surface area contributed by atoms with Crippen molar-refractivity contribution in [2.75, 3.05) is 64.8 Å². The third-order valence-electron chi connectivity index (χ3n) is 4.52. The number of ether oxygens (including phenoxy) is 1. The third-order valence-corrected chi connectivity index (χ3v) is 4.74. The van der Waals surface area contributed by atoms with Crippen LogP contribution in [0.15, 0.2) is 23.4 Å². The lowest BCUT2D eigenvalue weighted by Gasteiger charge is -2.34. The van der Waals surface area contributed by atoms with Crippen molar-refractivity contribution in [3.63, 3.8) is 0 Å². The van der Waals surface area contributed by atoms with Crippen molar-refractivity contribution >= 4 is 28.6 Å². The molecule has 0 aliphatic carbocycles. The summed E-state index contributed by atoms with van der Waals surface area (Å²) in [5, 5.41) is 7.85. The number of pyridine rings is 1. The van der Waals surface area contributed by atoms with Gasteiger partial charge < -0.3 is 10.1 Å². The highest BCUT2D eigenvalue weighted by atomic mass is 32.1. The Kier molecular flexibility index (Phi) is 6.69. The zero-order valence-corrected chi connectivity index (χ0v) is 15.5. The minimum atomic E-state index is 0.748. The van der Waals surface area contributed by atoms with E-state index in [4.69, 9.17) is 17.0 Å². The highest BCUT2D eigenvalue weighted by Crippen LogP contribution is 2.18. The van der Waals surface area contributed by atoms with Crippen molar-refractivity contribution in [3.05, 3.63) is 24.0 Å². The Labute approximate surface area is 154 Å². The van der Waals surface area contributed by atoms with Gasteiger partial charge in [-0.3, -0.25) is 20.2 Å². The fraction of sp³-hybridized carbons (Fsp3) is 0.588. The fourth-order valence-corrected chi connectivity index (χ4v) is 3.31. The van der Waals surface area contributed by atoms with Gasteiger partial charge in [0.1, 0.15) is 10.7 Å². The summed E-state index contributed by atoms with van der Waals surface area (Å²) in [4.78, 5) is 9.98. The molecule has 0 atom stereocenters. The molecule has 7 nitrogen and oxygen atoms in total. The number of hydrogen-bond acceptors (Lipinski definition) is 7. The molecule has 0 spiro atoms. The lowest BCUT2D eigenvalue weighted by Crippen LogP contribution is -2.49. The average Bonchev–Trinajstić information content (AvgIpc) is 2.66. The minimum Gasteiger partial charge on any atom is -0.383 e. The Bertz CT molecular complexity index is 615. The molecule has 0 unspecified atom stereocenters. The molecule has 0 radical (unpaired) electrons. The number of hydrazone groups is 1. The molecule has 2 N–H and O–H groups in total. The summed E-state index contributed by atoms with van der Waals surface area (Å²) in [6.45, 7) is 7.58. The lowest BCUT2D eigenvalue weighted by molar-refractivity contribution is 0.104. The topological polar surface area (TPSA) is 65.0 Å². The van der Waals surface area contributed by atoms with Crippen molar-refractivity contribution in [2.45, 2.75) is 6.42 Å². The molecular weight excluding hydrogens is 336 g/mol. The monoisotopic (exact) mass is 362 g/mol. The van der Waals surface area contributed by atoms with Crippen LogP contribution < -0.4 is 10.7 Å². The lowest BCUT2D eigenvalue weighted by atomic mass is 10.1. The molecule has 0 aromatic carbocycles. The van der Waals surface area contributed by atoms with E-state index >= 15 is 0 Å². The van der Waals surface area contributed by atoms with E-state index in [0.717, 1.165) is 80.9 Å². The van der Waals surface area contributed by atoms with Crippen LogP contribution in [0.5, 0.6) is 0 Å². The van der Waals surface area contributed by atoms with Crippen LogP contribution in [0.2, 0.25) is 0 Å². The van der Waals surface area contributed by atoms with Gasteiger partial charge in [-0.25, -0.2) is 0 Å². The van der Waals surface area contributed by atoms with Crippen molar-refractivity contribution in [2.24, 2.45) is 5.10 Å². The summed E-state index contributed by atoms with van der Waals surface area (Å²) in [6, 6.07) is 3.96. The van der Waals surface area contributed by atoms with E-state index in [1.54, 1.807) is 13.3 Å². The Hall–Kier alpha value is -1.61. The molecule has 8 heteroatoms. The Morgan fingerprint density at radius 3 is 2.96 bits per heavy atom. The van der Waals surface area contributed by atoms with Crippen molar-refractivity contribution in [1.29, 1.82) is 0 Å². The molecule has 0 bridgehead atoms. The van der Waals surface area contributed by atoms with Gasteiger partial charge in [-0.15, -0.1) is 0 Å². The van der Waals surface area contributed by atoms with E-state index < -0.39 is 0 Å². The van der Waals surface area contributed by atoms with E-state index in [2.05, 4.69) is 30.6 Å². The second-order valence-electron chi connectivity index (χ2n) is 6.28. The van der Waals surface area contributed by atoms with Gasteiger partial charge in [0.15, 0.2) is 0 Å². The summed E-state index contributed by atoms with van der Waals surface area (Å²) in [7, 11) is 1.75. The molecule has 1 aromatic rings. The quantitative estimate of drug-likeness (QED) is 0.573. The van der Waals surface area contributed by atoms with Crippen molar-refractivity contribution in [1.82, 2.24) is 20.2 Å². The molecule has 3 heterocycles. The highest BCUT2D eigenvalue weighted by molar-refractivity contribution is 7.80. The largest absolute Gasteiger partial charge is 0.383 e. The maximum atomic E-state index is 5.47. The maximum Gasteiger partial charge on any atom is 0.110 e. The predicted molar refractivity (Wildman–Crippen MR) is 104 cm³/mol. The first-order valence-electron chi connectivity index (χ1n) is 8.74. The zero-order chi connectivity index (χ0) is 17.5. The van der Waals surface area contributed by atoms with Gasteiger partial charge in [-0.05, 0) is 12.1 Å². The normalized spacial score (nSPS) is 20.1. The number of methoxy groups -OCH3 is 1. The number of nitrogens with one attached hydrogen (secondary N) is 2. The highest BCUT2D eigenvalue weighted by Gasteiger charge is 2.18. The van der Waals surface area contributed by atoms with Crippen molar-refractivity contribution in [3.8, 4) is 0 Å². The van der Waals surface area contributed by atoms with Gasteiger partial charge in [-0.2, -0.15) is 5.10 Å². The molecule has 1 aromatic heterocycles. The van der Waals surface area contributed by atoms with E-state index in [1.807, 2.05) is 12.1 Å². The van der Waals surface area contributed by atoms with Gasteiger partial charge in [0.25, 0.3) is 0 Å². The number of piperazine rings is 1. The number of thiocarbonyl (C=S) groups is 1. The third kappa shape index (κ3) is 5.18. The molecule has 0 amide bonds. The molecule has 2 aliphatic rings. The zero-order valence-electron chi connectivity index (χ0n) is 14.7. The predicted octanol–water partition coefficient (Wildman–Crippen LogP) is 0.782. The van der Waals surface area contributed by atoms with E-state index in [9.17, 15) is 0 Å². The first-order chi connectivity index (χ1) is 12.3. The summed E-state index contributed by atoms with van der Waals surface area (Å²) < 4.78 is 5.14. The number of hydrogen-bond donors (Lipinski definition) is 2. The van der Waals surface area contributed by atoms with Gasteiger partial charge >= 0.3 is 0 Å². The summed E-state index contributed by atoms with van der Waals surface area (Å²) in [6.07, 6.45) is 2.64. The molecule has 136 valence electrons. The van der Waals surface area contributed by atoms with Gasteiger partial charge in [0.2, 0.25) is 0 Å². The molecule has 1 fully saturated rings. The van der Waals surface area contributed by atoms with Crippen LogP contribution in [0, 0.1) is 0 Å². The van der Waals surface area contributed by atoms with Crippen LogP contribution >= 0.6 is 12.2 Å². The number of aromatic nitrogens is 1. The van der Waals surface area contributed by atoms with Crippen LogP contribution in [0.1, 0.15) is 12.1 Å². The smallest absolute Gasteiger partial charge is 0.110 e. The molecule has 2 aliphatic heterocycles. The summed E-state index contributed by atoms with van der Waals surface area (Å²) in [5.74, 6) is 0. The molecule has 0 saturated carbocycles. The van der Waals surface area contributed by atoms with Gasteiger partial charge in [0.05, 0.1) is 24.6 Å². The minimum absolute atomic E-state index is 0.748. The number of fused-ring (bicyclic) bond motifs is 1. The average molecular weight is 363 g/mol. The van der Waals surface area contributed by atoms with Crippen molar-refractivity contribution < 1.29 is 4.74 Å².